The lowest BCUT2D eigenvalue weighted by Gasteiger charge is -2.20. The number of nitrogens with zero attached hydrogens (tertiary/aromatic N) is 4. The molecular weight excluding hydrogens is 953 g/mol. The molecule has 14 aromatic rings. The van der Waals surface area contributed by atoms with Crippen LogP contribution in [0.5, 0.6) is 11.5 Å². The summed E-state index contributed by atoms with van der Waals surface area (Å²) in [6.45, 7) is 1.97. The second kappa shape index (κ2) is 19.7. The Morgan fingerprint density at radius 1 is 0.423 bits per heavy atom. The molecule has 4 heterocycles. The van der Waals surface area contributed by atoms with Crippen molar-refractivity contribution >= 4 is 33.1 Å². The van der Waals surface area contributed by atoms with Crippen molar-refractivity contribution < 1.29 is 13.7 Å². The predicted molar refractivity (Wildman–Crippen MR) is 316 cm³/mol. The van der Waals surface area contributed by atoms with Crippen LogP contribution in [0.15, 0.2) is 278 Å². The molecule has 0 saturated heterocycles. The van der Waals surface area contributed by atoms with Crippen molar-refractivity contribution in [2.24, 2.45) is 0 Å². The highest BCUT2D eigenvalue weighted by atomic mass is 16.5. The molecule has 0 saturated carbocycles. The summed E-state index contributed by atoms with van der Waals surface area (Å²) in [7, 11) is 0. The number of furan rings is 1. The molecule has 0 aliphatic rings. The fourth-order valence-electron chi connectivity index (χ4n) is 10.8. The van der Waals surface area contributed by atoms with Crippen LogP contribution in [0, 0.1) is 13.3 Å². The van der Waals surface area contributed by atoms with Crippen LogP contribution >= 0.6 is 0 Å². The molecule has 6 heteroatoms. The number of rotatable bonds is 11. The number of hydrogen-bond donors (Lipinski definition) is 0. The number of imidazole rings is 1. The minimum atomic E-state index is 0.579. The summed E-state index contributed by atoms with van der Waals surface area (Å²) in [5.74, 6) is 1.32. The highest BCUT2D eigenvalue weighted by molar-refractivity contribution is 6.09. The number of pyridine rings is 2. The summed E-state index contributed by atoms with van der Waals surface area (Å²) >= 11 is 0. The van der Waals surface area contributed by atoms with E-state index in [4.69, 9.17) is 19.1 Å². The Hall–Kier alpha value is -10.4. The van der Waals surface area contributed by atoms with Crippen LogP contribution in [0.2, 0.25) is 0 Å². The maximum atomic E-state index is 6.88. The van der Waals surface area contributed by atoms with E-state index in [1.807, 2.05) is 55.5 Å². The lowest BCUT2D eigenvalue weighted by atomic mass is 9.89. The molecule has 78 heavy (non-hydrogen) atoms. The minimum absolute atomic E-state index is 0.579. The summed E-state index contributed by atoms with van der Waals surface area (Å²) in [4.78, 5) is 9.45. The topological polar surface area (TPSA) is 57.0 Å². The summed E-state index contributed by atoms with van der Waals surface area (Å²) in [6.07, 6.45) is 5.74. The van der Waals surface area contributed by atoms with E-state index in [1.54, 1.807) is 6.20 Å². The van der Waals surface area contributed by atoms with Gasteiger partial charge in [-0.05, 0) is 165 Å². The van der Waals surface area contributed by atoms with Gasteiger partial charge < -0.3 is 9.15 Å². The second-order valence-electron chi connectivity index (χ2n) is 19.6. The van der Waals surface area contributed by atoms with E-state index in [1.165, 1.54) is 0 Å². The lowest BCUT2D eigenvalue weighted by Crippen LogP contribution is -2.31. The standard InChI is InChI=1S/C72H48N4O2/c1-48-35-36-64-65-45-61(46-66(67-32-16-17-37-73-67)71(65)78-72(64)74-48)77-60-29-18-28-59(44-60)75-47-76(69-34-15-14-33-68(69)75)70-62(57-40-53(49-20-6-2-7-21-49)38-54(41-57)50-22-8-3-9-23-50)30-19-31-63(70)58-42-55(51-24-10-4-11-25-51)39-56(43-58)52-26-12-5-13-27-52/h2-46H,1H3. The first-order valence-corrected chi connectivity index (χ1v) is 26.2. The molecule has 0 N–H and O–H groups in total. The van der Waals surface area contributed by atoms with Gasteiger partial charge in [0.15, 0.2) is 0 Å². The number of ether oxygens (including phenoxy) is 1. The number of fused-ring (bicyclic) bond motifs is 4. The van der Waals surface area contributed by atoms with Crippen LogP contribution in [0.3, 0.4) is 0 Å². The van der Waals surface area contributed by atoms with Crippen molar-refractivity contribution in [2.45, 2.75) is 6.92 Å². The molecule has 0 amide bonds. The van der Waals surface area contributed by atoms with E-state index >= 15 is 0 Å². The van der Waals surface area contributed by atoms with Gasteiger partial charge in [-0.25, -0.2) is 4.98 Å². The molecule has 0 aliphatic heterocycles. The summed E-state index contributed by atoms with van der Waals surface area (Å²) < 4.78 is 17.7. The van der Waals surface area contributed by atoms with Gasteiger partial charge in [0, 0.05) is 28.2 Å². The zero-order valence-electron chi connectivity index (χ0n) is 42.6. The monoisotopic (exact) mass is 1000 g/mol. The maximum Gasteiger partial charge on any atom is 0.269 e. The van der Waals surface area contributed by atoms with Crippen molar-refractivity contribution in [2.75, 3.05) is 0 Å². The minimum Gasteiger partial charge on any atom is -0.458 e. The van der Waals surface area contributed by atoms with Gasteiger partial charge >= 0.3 is 0 Å². The molecule has 0 fully saturated rings. The largest absolute Gasteiger partial charge is 0.458 e. The number of aryl methyl sites for hydroxylation is 1. The van der Waals surface area contributed by atoms with Crippen molar-refractivity contribution in [1.82, 2.24) is 14.5 Å². The predicted octanol–water partition coefficient (Wildman–Crippen LogP) is 18.2. The first-order valence-electron chi connectivity index (χ1n) is 26.2. The maximum absolute atomic E-state index is 6.88. The Bertz CT molecular complexity index is 4250. The van der Waals surface area contributed by atoms with Crippen LogP contribution in [-0.2, 0) is 0 Å². The Balaban J connectivity index is 0.974. The molecule has 10 aromatic carbocycles. The van der Waals surface area contributed by atoms with E-state index in [-0.39, 0.29) is 0 Å². The average molecular weight is 1000 g/mol. The SMILES string of the molecule is Cc1ccc2c(n1)oc1c(-c3ccccn3)cc(Oc3cccc(-n4[c-][n+](-c5c(-c6cc(-c7ccccc7)cc(-c7ccccc7)c6)cccc5-c5cc(-c6ccccc6)cc(-c6ccccc6)c5)c5ccccc54)c3)cc12. The van der Waals surface area contributed by atoms with E-state index in [0.29, 0.717) is 22.8 Å². The van der Waals surface area contributed by atoms with Crippen LogP contribution in [0.4, 0.5) is 0 Å². The van der Waals surface area contributed by atoms with Gasteiger partial charge in [0.05, 0.1) is 28.1 Å². The van der Waals surface area contributed by atoms with E-state index in [9.17, 15) is 0 Å². The first-order chi connectivity index (χ1) is 38.5. The second-order valence-corrected chi connectivity index (χ2v) is 19.6. The summed E-state index contributed by atoms with van der Waals surface area (Å²) in [6, 6.07) is 94.1. The summed E-state index contributed by atoms with van der Waals surface area (Å²) in [5.41, 5.74) is 21.0. The molecule has 0 atom stereocenters. The molecule has 6 nitrogen and oxygen atoms in total. The van der Waals surface area contributed by atoms with E-state index in [0.717, 1.165) is 117 Å². The molecule has 0 unspecified atom stereocenters. The zero-order chi connectivity index (χ0) is 51.9. The normalized spacial score (nSPS) is 11.4. The van der Waals surface area contributed by atoms with Crippen molar-refractivity contribution in [3.63, 3.8) is 0 Å². The molecule has 4 aromatic heterocycles. The molecule has 368 valence electrons. The third kappa shape index (κ3) is 8.67. The quantitative estimate of drug-likeness (QED) is 0.0957. The highest BCUT2D eigenvalue weighted by Crippen LogP contribution is 2.43. The van der Waals surface area contributed by atoms with Gasteiger partial charge in [-0.2, -0.15) is 0 Å². The number of hydrogen-bond acceptors (Lipinski definition) is 4. The van der Waals surface area contributed by atoms with Gasteiger partial charge in [0.25, 0.3) is 6.33 Å². The molecule has 0 aliphatic carbocycles. The third-order valence-corrected chi connectivity index (χ3v) is 14.5. The number of aromatic nitrogens is 4. The molecule has 0 radical (unpaired) electrons. The van der Waals surface area contributed by atoms with Gasteiger partial charge in [0.1, 0.15) is 17.1 Å². The lowest BCUT2D eigenvalue weighted by molar-refractivity contribution is -0.571. The number of para-hydroxylation sites is 3. The first kappa shape index (κ1) is 46.1. The summed E-state index contributed by atoms with van der Waals surface area (Å²) in [5, 5.41) is 1.82. The molecular formula is C72H48N4O2. The Labute approximate surface area is 452 Å². The van der Waals surface area contributed by atoms with Crippen molar-refractivity contribution in [3.8, 4) is 101 Å². The molecule has 0 spiro atoms. The van der Waals surface area contributed by atoms with Gasteiger partial charge in [0.2, 0.25) is 5.71 Å². The smallest absolute Gasteiger partial charge is 0.269 e. The highest BCUT2D eigenvalue weighted by Gasteiger charge is 2.23. The molecule has 0 bridgehead atoms. The Morgan fingerprint density at radius 2 is 0.962 bits per heavy atom. The average Bonchev–Trinajstić information content (AvgIpc) is 4.14. The Kier molecular flexibility index (Phi) is 11.6. The fraction of sp³-hybridized carbons (Fsp3) is 0.0139. The van der Waals surface area contributed by atoms with Crippen molar-refractivity contribution in [3.05, 3.63) is 285 Å². The van der Waals surface area contributed by atoms with Crippen LogP contribution in [0.25, 0.3) is 122 Å². The Morgan fingerprint density at radius 3 is 1.54 bits per heavy atom. The third-order valence-electron chi connectivity index (χ3n) is 14.5. The fourth-order valence-corrected chi connectivity index (χ4v) is 10.8. The van der Waals surface area contributed by atoms with Crippen LogP contribution in [-0.4, -0.2) is 14.5 Å². The molecule has 14 rings (SSSR count). The zero-order valence-corrected chi connectivity index (χ0v) is 42.6. The van der Waals surface area contributed by atoms with Gasteiger partial charge in [-0.3, -0.25) is 14.1 Å². The van der Waals surface area contributed by atoms with Crippen LogP contribution in [0.1, 0.15) is 5.69 Å². The van der Waals surface area contributed by atoms with Gasteiger partial charge in [-0.1, -0.05) is 176 Å². The van der Waals surface area contributed by atoms with Crippen LogP contribution < -0.4 is 9.30 Å². The van der Waals surface area contributed by atoms with E-state index in [2.05, 4.69) is 234 Å². The number of benzene rings is 10. The van der Waals surface area contributed by atoms with Crippen molar-refractivity contribution in [1.29, 1.82) is 0 Å². The van der Waals surface area contributed by atoms with Gasteiger partial charge in [-0.15, -0.1) is 0 Å². The van der Waals surface area contributed by atoms with E-state index < -0.39 is 0 Å².